The van der Waals surface area contributed by atoms with Crippen LogP contribution in [0.5, 0.6) is 0 Å². The molecule has 0 aromatic heterocycles. The van der Waals surface area contributed by atoms with Gasteiger partial charge in [-0.1, -0.05) is 48.6 Å². The smallest absolute Gasteiger partial charge is 0.493 e. The molecule has 0 bridgehead atoms. The molecular formula is C28H35MnN4O13+3. The molecule has 249 valence electrons. The van der Waals surface area contributed by atoms with E-state index in [0.717, 1.165) is 11.4 Å². The average molecular weight is 691 g/mol. The van der Waals surface area contributed by atoms with Crippen LogP contribution in [0, 0.1) is 30.6 Å². The van der Waals surface area contributed by atoms with E-state index in [1.54, 1.807) is 48.9 Å². The number of para-hydroxylation sites is 2. The van der Waals surface area contributed by atoms with E-state index in [1.807, 2.05) is 60.7 Å². The van der Waals surface area contributed by atoms with Gasteiger partial charge in [0, 0.05) is 34.9 Å². The number of anilines is 2. The number of benzene rings is 2. The third-order valence-corrected chi connectivity index (χ3v) is 4.79. The first-order chi connectivity index (χ1) is 20.1. The number of methoxy groups -OCH3 is 2. The van der Waals surface area contributed by atoms with E-state index in [0.29, 0.717) is 22.7 Å². The zero-order valence-electron chi connectivity index (χ0n) is 24.5. The van der Waals surface area contributed by atoms with Crippen molar-refractivity contribution in [2.75, 3.05) is 24.9 Å². The van der Waals surface area contributed by atoms with Crippen molar-refractivity contribution in [1.82, 2.24) is 0 Å². The van der Waals surface area contributed by atoms with E-state index in [9.17, 15) is 9.59 Å². The van der Waals surface area contributed by atoms with Crippen LogP contribution in [0.3, 0.4) is 0 Å². The molecule has 11 N–H and O–H groups in total. The van der Waals surface area contributed by atoms with Gasteiger partial charge in [0.05, 0.1) is 24.4 Å². The molecule has 0 heterocycles. The van der Waals surface area contributed by atoms with Crippen molar-refractivity contribution in [3.63, 3.8) is 0 Å². The fourth-order valence-electron chi connectivity index (χ4n) is 3.01. The maximum Gasteiger partial charge on any atom is 2.00 e. The zero-order chi connectivity index (χ0) is 31.3. The summed E-state index contributed by atoms with van der Waals surface area (Å²) in [6.45, 7) is 0. The Morgan fingerprint density at radius 3 is 1.15 bits per heavy atom. The summed E-state index contributed by atoms with van der Waals surface area (Å²) in [4.78, 5) is 40.1. The van der Waals surface area contributed by atoms with E-state index in [4.69, 9.17) is 40.1 Å². The number of ketones is 2. The summed E-state index contributed by atoms with van der Waals surface area (Å²) in [6.07, 6.45) is 13.8. The van der Waals surface area contributed by atoms with Crippen LogP contribution < -0.4 is 10.6 Å². The van der Waals surface area contributed by atoms with Crippen LogP contribution in [0.4, 0.5) is 11.4 Å². The number of Topliss-reactive ketones (excluding diaryl/α,β-unsaturated/α-hetero) is 2. The normalized spacial score (nSPS) is 13.5. The van der Waals surface area contributed by atoms with Crippen molar-refractivity contribution < 1.29 is 62.7 Å². The second-order valence-electron chi connectivity index (χ2n) is 7.51. The molecule has 0 saturated heterocycles. The maximum absolute atomic E-state index is 11.8. The molecule has 1 radical (unpaired) electrons. The topological polar surface area (TPSA) is 308 Å². The van der Waals surface area contributed by atoms with E-state index in [1.165, 1.54) is 14.2 Å². The van der Waals surface area contributed by atoms with Crippen LogP contribution in [-0.4, -0.2) is 36.0 Å². The molecule has 18 heteroatoms. The number of carbonyl (C=O) groups excluding carboxylic acids is 2. The number of nitrogens with one attached hydrogen (secondary N) is 2. The Morgan fingerprint density at radius 2 is 0.891 bits per heavy atom. The number of nitrogens with zero attached hydrogens (tertiary/aromatic N) is 2. The van der Waals surface area contributed by atoms with E-state index in [-0.39, 0.29) is 45.1 Å². The fourth-order valence-corrected chi connectivity index (χ4v) is 3.01. The standard InChI is InChI=1S/2C14H13NO2.Mn.2NO3.3H2O/c2*1-17-13-9-5-6-11(14(13)16)10-15-12-7-3-2-4-8-12;;2*2-1(3)4;;;/h2*2-10,15H,1H3;;;;3*1H2/q;;+2;2*-1;;;/p+3/b2*11-10-;;;;;;. The Hall–Kier alpha value is -5.78. The van der Waals surface area contributed by atoms with Gasteiger partial charge in [0.1, 0.15) is 0 Å². The first kappa shape index (κ1) is 47.2. The first-order valence-electron chi connectivity index (χ1n) is 11.7. The molecule has 2 aliphatic carbocycles. The third kappa shape index (κ3) is 19.4. The van der Waals surface area contributed by atoms with Gasteiger partial charge in [0.15, 0.2) is 11.5 Å². The van der Waals surface area contributed by atoms with Crippen LogP contribution in [0.15, 0.2) is 132 Å². The zero-order valence-corrected chi connectivity index (χ0v) is 25.7. The Morgan fingerprint density at radius 1 is 0.609 bits per heavy atom. The van der Waals surface area contributed by atoms with E-state index in [2.05, 4.69) is 10.6 Å². The van der Waals surface area contributed by atoms with E-state index >= 15 is 0 Å². The van der Waals surface area contributed by atoms with Crippen LogP contribution in [0.25, 0.3) is 0 Å². The van der Waals surface area contributed by atoms with Gasteiger partial charge in [0.25, 0.3) is 0 Å². The predicted octanol–water partition coefficient (Wildman–Crippen LogP) is 2.06. The van der Waals surface area contributed by atoms with Crippen molar-refractivity contribution in [2.24, 2.45) is 0 Å². The SMILES string of the molecule is COC1=CC=C/C(=C/Nc2ccccc2)C1=O.COC1=CC=C/C(=C/Nc2ccccc2)C1=O.O=[N+]([O-])[O-].O=[N+]([O-])[O-].[Mn+2].[OH3+].[OH3+].[OH3+]. The monoisotopic (exact) mass is 690 g/mol. The molecule has 2 aromatic rings. The number of hydrogen-bond donors (Lipinski definition) is 2. The van der Waals surface area contributed by atoms with Crippen LogP contribution >= 0.6 is 0 Å². The molecular weight excluding hydrogens is 655 g/mol. The molecule has 0 saturated carbocycles. The van der Waals surface area contributed by atoms with Gasteiger partial charge in [-0.3, -0.25) is 9.59 Å². The van der Waals surface area contributed by atoms with Crippen LogP contribution in [0.1, 0.15) is 0 Å². The summed E-state index contributed by atoms with van der Waals surface area (Å²) in [5, 5.41) is 35.6. The van der Waals surface area contributed by atoms with Crippen molar-refractivity contribution in [1.29, 1.82) is 0 Å². The molecule has 0 fully saturated rings. The Bertz CT molecular complexity index is 1290. The summed E-state index contributed by atoms with van der Waals surface area (Å²) < 4.78 is 9.95. The van der Waals surface area contributed by atoms with Crippen LogP contribution in [0.2, 0.25) is 0 Å². The van der Waals surface area contributed by atoms with Crippen molar-refractivity contribution >= 4 is 22.9 Å². The quantitative estimate of drug-likeness (QED) is 0.145. The molecule has 0 amide bonds. The molecule has 0 atom stereocenters. The largest absolute Gasteiger partial charge is 2.00 e. The summed E-state index contributed by atoms with van der Waals surface area (Å²) in [5.41, 5.74) is 3.03. The molecule has 17 nitrogen and oxygen atoms in total. The molecule has 2 aromatic carbocycles. The average Bonchev–Trinajstić information content (AvgIpc) is 2.97. The summed E-state index contributed by atoms with van der Waals surface area (Å²) in [5.74, 6) is 0.485. The molecule has 0 spiro atoms. The van der Waals surface area contributed by atoms with Gasteiger partial charge >= 0.3 is 17.1 Å². The van der Waals surface area contributed by atoms with Gasteiger partial charge in [-0.15, -0.1) is 0 Å². The number of ether oxygens (including phenoxy) is 2. The fraction of sp³-hybridized carbons (Fsp3) is 0.0714. The predicted molar refractivity (Wildman–Crippen MR) is 170 cm³/mol. The summed E-state index contributed by atoms with van der Waals surface area (Å²) in [6, 6.07) is 19.3. The molecule has 0 unspecified atom stereocenters. The molecule has 4 rings (SSSR count). The minimum absolute atomic E-state index is 0. The summed E-state index contributed by atoms with van der Waals surface area (Å²) >= 11 is 0. The van der Waals surface area contributed by atoms with E-state index < -0.39 is 10.2 Å². The second-order valence-corrected chi connectivity index (χ2v) is 7.51. The van der Waals surface area contributed by atoms with Gasteiger partial charge in [0.2, 0.25) is 11.6 Å². The molecule has 0 aliphatic heterocycles. The second kappa shape index (κ2) is 26.8. The Balaban J connectivity index is -0.000000291. The van der Waals surface area contributed by atoms with Gasteiger partial charge in [-0.25, -0.2) is 0 Å². The number of allylic oxidation sites excluding steroid dienone is 8. The maximum atomic E-state index is 11.8. The molecule has 2 aliphatic rings. The Kier molecular flexibility index (Phi) is 27.5. The third-order valence-electron chi connectivity index (χ3n) is 4.79. The Labute approximate surface area is 273 Å². The first-order valence-corrected chi connectivity index (χ1v) is 11.7. The van der Waals surface area contributed by atoms with Crippen molar-refractivity contribution in [3.05, 3.63) is 163 Å². The van der Waals surface area contributed by atoms with Gasteiger partial charge < -0.3 is 67.2 Å². The van der Waals surface area contributed by atoms with Crippen LogP contribution in [-0.2, 0) is 52.6 Å². The number of carbonyl (C=O) groups is 2. The number of rotatable bonds is 6. The minimum atomic E-state index is -1.75. The minimum Gasteiger partial charge on any atom is -0.493 e. The van der Waals surface area contributed by atoms with Crippen molar-refractivity contribution in [2.45, 2.75) is 0 Å². The van der Waals surface area contributed by atoms with Crippen molar-refractivity contribution in [3.8, 4) is 0 Å². The molecule has 46 heavy (non-hydrogen) atoms. The van der Waals surface area contributed by atoms with Gasteiger partial charge in [-0.05, 0) is 48.6 Å². The number of hydrogen-bond acceptors (Lipinski definition) is 12. The summed E-state index contributed by atoms with van der Waals surface area (Å²) in [7, 11) is 2.98. The van der Waals surface area contributed by atoms with Gasteiger partial charge in [-0.2, -0.15) is 0 Å².